The Kier molecular flexibility index (Phi) is 4.80. The average molecular weight is 167 g/mol. The molecular weight excluding hydrogens is 158 g/mol. The second kappa shape index (κ2) is 4.81. The van der Waals surface area contributed by atoms with E-state index in [4.69, 9.17) is 0 Å². The molecule has 0 bridgehead atoms. The van der Waals surface area contributed by atoms with Gasteiger partial charge in [0.25, 0.3) is 0 Å². The Balaban J connectivity index is 3.64. The topological polar surface area (TPSA) is 29.5 Å². The molecule has 0 rings (SSSR count). The number of amides is 1. The van der Waals surface area contributed by atoms with Gasteiger partial charge in [0.1, 0.15) is 0 Å². The first-order valence-electron chi connectivity index (χ1n) is 2.31. The monoisotopic (exact) mass is 167 g/mol. The van der Waals surface area contributed by atoms with Gasteiger partial charge in [-0.3, -0.25) is 4.90 Å². The lowest BCUT2D eigenvalue weighted by Crippen LogP contribution is -2.28. The van der Waals surface area contributed by atoms with Gasteiger partial charge < -0.3 is 4.74 Å². The first-order valence-corrected chi connectivity index (χ1v) is 3.57. The predicted octanol–water partition coefficient (Wildman–Crippen LogP) is 0.829. The van der Waals surface area contributed by atoms with Gasteiger partial charge in [-0.15, -0.1) is 0 Å². The zero-order valence-corrected chi connectivity index (χ0v) is 6.86. The summed E-state index contributed by atoms with van der Waals surface area (Å²) in [4.78, 5) is 11.9. The molecular formula is C4H9NO2S2. The molecule has 3 nitrogen and oxygen atoms in total. The van der Waals surface area contributed by atoms with E-state index in [0.717, 1.165) is 0 Å². The van der Waals surface area contributed by atoms with E-state index in [1.807, 2.05) is 0 Å². The standard InChI is InChI=1S/C4H9NO2S2/c1-7-4(6)5(2-8)3-9/h8-9H,2-3H2,1H3. The number of ether oxygens (including phenoxy) is 1. The highest BCUT2D eigenvalue weighted by molar-refractivity contribution is 7.81. The molecule has 9 heavy (non-hydrogen) atoms. The number of nitrogens with zero attached hydrogens (tertiary/aromatic N) is 1. The molecule has 0 fully saturated rings. The third-order valence-corrected chi connectivity index (χ3v) is 1.46. The summed E-state index contributed by atoms with van der Waals surface area (Å²) in [6.45, 7) is 0. The second-order valence-electron chi connectivity index (χ2n) is 1.29. The Morgan fingerprint density at radius 3 is 2.11 bits per heavy atom. The van der Waals surface area contributed by atoms with Gasteiger partial charge in [-0.1, -0.05) is 0 Å². The van der Waals surface area contributed by atoms with Gasteiger partial charge in [0, 0.05) is 0 Å². The van der Waals surface area contributed by atoms with E-state index in [1.165, 1.54) is 12.0 Å². The first kappa shape index (κ1) is 8.97. The van der Waals surface area contributed by atoms with E-state index in [9.17, 15) is 4.79 Å². The van der Waals surface area contributed by atoms with Crippen LogP contribution in [0.4, 0.5) is 4.79 Å². The van der Waals surface area contributed by atoms with Crippen molar-refractivity contribution in [2.75, 3.05) is 18.9 Å². The van der Waals surface area contributed by atoms with Crippen LogP contribution in [0.5, 0.6) is 0 Å². The molecule has 0 saturated heterocycles. The number of hydrogen-bond donors (Lipinski definition) is 2. The maximum atomic E-state index is 10.6. The van der Waals surface area contributed by atoms with Gasteiger partial charge in [-0.25, -0.2) is 4.79 Å². The quantitative estimate of drug-likeness (QED) is 0.471. The van der Waals surface area contributed by atoms with Gasteiger partial charge in [0.15, 0.2) is 0 Å². The van der Waals surface area contributed by atoms with Gasteiger partial charge in [-0.05, 0) is 0 Å². The number of carbonyl (C=O) groups is 1. The number of carbonyl (C=O) groups excluding carboxylic acids is 1. The van der Waals surface area contributed by atoms with Gasteiger partial charge in [0.05, 0.1) is 18.9 Å². The lowest BCUT2D eigenvalue weighted by Gasteiger charge is -2.14. The molecule has 1 amide bonds. The molecule has 0 heterocycles. The van der Waals surface area contributed by atoms with Crippen molar-refractivity contribution in [2.45, 2.75) is 0 Å². The average Bonchev–Trinajstić information content (AvgIpc) is 1.90. The van der Waals surface area contributed by atoms with Crippen molar-refractivity contribution in [1.82, 2.24) is 4.90 Å². The third-order valence-electron chi connectivity index (χ3n) is 0.774. The fraction of sp³-hybridized carbons (Fsp3) is 0.750. The summed E-state index contributed by atoms with van der Waals surface area (Å²) >= 11 is 7.73. The van der Waals surface area contributed by atoms with Crippen molar-refractivity contribution in [3.05, 3.63) is 0 Å². The highest BCUT2D eigenvalue weighted by atomic mass is 32.1. The molecule has 0 aliphatic carbocycles. The summed E-state index contributed by atoms with van der Waals surface area (Å²) in [5.41, 5.74) is 0. The molecule has 54 valence electrons. The van der Waals surface area contributed by atoms with Crippen LogP contribution in [-0.2, 0) is 4.74 Å². The van der Waals surface area contributed by atoms with Crippen molar-refractivity contribution in [1.29, 1.82) is 0 Å². The van der Waals surface area contributed by atoms with Crippen LogP contribution in [0.15, 0.2) is 0 Å². The van der Waals surface area contributed by atoms with Crippen LogP contribution in [0.25, 0.3) is 0 Å². The van der Waals surface area contributed by atoms with Crippen molar-refractivity contribution in [3.63, 3.8) is 0 Å². The molecule has 0 radical (unpaired) electrons. The van der Waals surface area contributed by atoms with Gasteiger partial charge in [-0.2, -0.15) is 25.3 Å². The van der Waals surface area contributed by atoms with Crippen molar-refractivity contribution in [3.8, 4) is 0 Å². The second-order valence-corrected chi connectivity index (χ2v) is 1.86. The fourth-order valence-corrected chi connectivity index (χ4v) is 0.878. The Morgan fingerprint density at radius 1 is 1.56 bits per heavy atom. The SMILES string of the molecule is COC(=O)N(CS)CS. The van der Waals surface area contributed by atoms with Crippen LogP contribution >= 0.6 is 25.3 Å². The third kappa shape index (κ3) is 2.86. The summed E-state index contributed by atoms with van der Waals surface area (Å²) in [7, 11) is 1.32. The molecule has 0 spiro atoms. The zero-order valence-electron chi connectivity index (χ0n) is 5.07. The number of rotatable bonds is 2. The van der Waals surface area contributed by atoms with Crippen LogP contribution in [0, 0.1) is 0 Å². The van der Waals surface area contributed by atoms with Crippen LogP contribution in [0.1, 0.15) is 0 Å². The lowest BCUT2D eigenvalue weighted by molar-refractivity contribution is 0.138. The highest BCUT2D eigenvalue weighted by Crippen LogP contribution is 1.95. The molecule has 0 aromatic carbocycles. The maximum absolute atomic E-state index is 10.6. The smallest absolute Gasteiger partial charge is 0.410 e. The van der Waals surface area contributed by atoms with Crippen LogP contribution in [0.2, 0.25) is 0 Å². The zero-order chi connectivity index (χ0) is 7.28. The predicted molar refractivity (Wildman–Crippen MR) is 42.0 cm³/mol. The summed E-state index contributed by atoms with van der Waals surface area (Å²) in [6, 6.07) is 0. The van der Waals surface area contributed by atoms with E-state index in [-0.39, 0.29) is 0 Å². The summed E-state index contributed by atoms with van der Waals surface area (Å²) in [5.74, 6) is 0.659. The number of hydrogen-bond acceptors (Lipinski definition) is 4. The summed E-state index contributed by atoms with van der Waals surface area (Å²) in [6.07, 6.45) is -0.403. The van der Waals surface area contributed by atoms with E-state index in [0.29, 0.717) is 11.8 Å². The number of methoxy groups -OCH3 is 1. The number of thiol groups is 2. The summed E-state index contributed by atoms with van der Waals surface area (Å²) < 4.78 is 4.38. The van der Waals surface area contributed by atoms with E-state index in [2.05, 4.69) is 30.0 Å². The Hall–Kier alpha value is -0.0300. The fourth-order valence-electron chi connectivity index (χ4n) is 0.289. The van der Waals surface area contributed by atoms with Gasteiger partial charge >= 0.3 is 6.09 Å². The molecule has 5 heteroatoms. The minimum Gasteiger partial charge on any atom is -0.453 e. The Morgan fingerprint density at radius 2 is 2.00 bits per heavy atom. The molecule has 0 aromatic rings. The normalized spacial score (nSPS) is 8.78. The molecule has 0 aliphatic rings. The lowest BCUT2D eigenvalue weighted by atomic mass is 10.9. The highest BCUT2D eigenvalue weighted by Gasteiger charge is 2.07. The van der Waals surface area contributed by atoms with Crippen LogP contribution in [0.3, 0.4) is 0 Å². The maximum Gasteiger partial charge on any atom is 0.410 e. The van der Waals surface area contributed by atoms with Crippen LogP contribution in [-0.4, -0.2) is 29.9 Å². The Labute approximate surface area is 65.2 Å². The minimum atomic E-state index is -0.403. The Bertz CT molecular complexity index is 94.6. The van der Waals surface area contributed by atoms with Crippen LogP contribution < -0.4 is 0 Å². The largest absolute Gasteiger partial charge is 0.453 e. The molecule has 0 aliphatic heterocycles. The molecule has 0 N–H and O–H groups in total. The summed E-state index contributed by atoms with van der Waals surface area (Å²) in [5, 5.41) is 0. The van der Waals surface area contributed by atoms with Gasteiger partial charge in [0.2, 0.25) is 0 Å². The molecule has 0 aromatic heterocycles. The van der Waals surface area contributed by atoms with E-state index >= 15 is 0 Å². The van der Waals surface area contributed by atoms with Crippen molar-refractivity contribution in [2.24, 2.45) is 0 Å². The first-order chi connectivity index (χ1) is 4.26. The minimum absolute atomic E-state index is 0.330. The molecule has 0 atom stereocenters. The van der Waals surface area contributed by atoms with E-state index in [1.54, 1.807) is 0 Å². The molecule has 0 unspecified atom stereocenters. The van der Waals surface area contributed by atoms with Crippen molar-refractivity contribution >= 4 is 31.4 Å². The molecule has 0 saturated carbocycles. The van der Waals surface area contributed by atoms with Crippen molar-refractivity contribution < 1.29 is 9.53 Å². The van der Waals surface area contributed by atoms with E-state index < -0.39 is 6.09 Å².